The van der Waals surface area contributed by atoms with Gasteiger partial charge in [0.05, 0.1) is 34.8 Å². The molecule has 0 spiro atoms. The predicted molar refractivity (Wildman–Crippen MR) is 136 cm³/mol. The quantitative estimate of drug-likeness (QED) is 0.316. The van der Waals surface area contributed by atoms with Crippen molar-refractivity contribution in [3.63, 3.8) is 0 Å². The molecule has 0 saturated heterocycles. The first-order valence-corrected chi connectivity index (χ1v) is 12.0. The molecule has 0 aliphatic carbocycles. The van der Waals surface area contributed by atoms with E-state index in [1.807, 2.05) is 42.6 Å². The summed E-state index contributed by atoms with van der Waals surface area (Å²) in [4.78, 5) is 23.2. The molecule has 0 radical (unpaired) electrons. The van der Waals surface area contributed by atoms with Gasteiger partial charge >= 0.3 is 0 Å². The number of fused-ring (bicyclic) bond motifs is 1. The second-order valence-electron chi connectivity index (χ2n) is 7.69. The summed E-state index contributed by atoms with van der Waals surface area (Å²) in [6.45, 7) is 3.00. The minimum absolute atomic E-state index is 0.254. The summed E-state index contributed by atoms with van der Waals surface area (Å²) in [6.07, 6.45) is 5.12. The zero-order valence-electron chi connectivity index (χ0n) is 19.3. The maximum absolute atomic E-state index is 13.4. The van der Waals surface area contributed by atoms with Crippen LogP contribution in [0.25, 0.3) is 21.6 Å². The van der Waals surface area contributed by atoms with Crippen LogP contribution in [0.1, 0.15) is 22.8 Å². The third-order valence-corrected chi connectivity index (χ3v) is 6.38. The Kier molecular flexibility index (Phi) is 6.40. The van der Waals surface area contributed by atoms with Gasteiger partial charge in [-0.15, -0.1) is 11.3 Å². The van der Waals surface area contributed by atoms with Gasteiger partial charge in [-0.2, -0.15) is 5.10 Å². The lowest BCUT2D eigenvalue weighted by Crippen LogP contribution is -2.13. The number of thiophene rings is 1. The second-order valence-corrected chi connectivity index (χ2v) is 8.64. The molecular formula is C26H23N5O3S. The van der Waals surface area contributed by atoms with Gasteiger partial charge in [-0.3, -0.25) is 9.78 Å². The molecule has 35 heavy (non-hydrogen) atoms. The van der Waals surface area contributed by atoms with Gasteiger partial charge in [0.25, 0.3) is 5.91 Å². The van der Waals surface area contributed by atoms with Gasteiger partial charge < -0.3 is 14.8 Å². The fourth-order valence-electron chi connectivity index (χ4n) is 3.72. The van der Waals surface area contributed by atoms with Gasteiger partial charge in [-0.25, -0.2) is 9.67 Å². The van der Waals surface area contributed by atoms with Crippen LogP contribution in [-0.2, 0) is 13.2 Å². The second kappa shape index (κ2) is 9.94. The Hall–Kier alpha value is -4.24. The van der Waals surface area contributed by atoms with Gasteiger partial charge in [-0.1, -0.05) is 6.07 Å². The van der Waals surface area contributed by atoms with E-state index in [0.717, 1.165) is 16.1 Å². The third-order valence-electron chi connectivity index (χ3n) is 5.49. The number of benzene rings is 1. The number of hydrogen-bond acceptors (Lipinski definition) is 7. The van der Waals surface area contributed by atoms with Crippen LogP contribution in [0.2, 0.25) is 0 Å². The number of aryl methyl sites for hydroxylation is 1. The molecule has 1 amide bonds. The molecule has 8 nitrogen and oxygen atoms in total. The third kappa shape index (κ3) is 4.71. The van der Waals surface area contributed by atoms with E-state index in [1.165, 1.54) is 0 Å². The molecule has 4 aromatic heterocycles. The average Bonchev–Trinajstić information content (AvgIpc) is 3.58. The van der Waals surface area contributed by atoms with Gasteiger partial charge in [0.1, 0.15) is 6.61 Å². The molecule has 0 unspecified atom stereocenters. The maximum atomic E-state index is 13.4. The largest absolute Gasteiger partial charge is 0.493 e. The highest BCUT2D eigenvalue weighted by Crippen LogP contribution is 2.32. The van der Waals surface area contributed by atoms with E-state index < -0.39 is 0 Å². The highest BCUT2D eigenvalue weighted by Gasteiger charge is 2.18. The first-order valence-electron chi connectivity index (χ1n) is 11.1. The van der Waals surface area contributed by atoms with Crippen molar-refractivity contribution in [2.75, 3.05) is 12.4 Å². The summed E-state index contributed by atoms with van der Waals surface area (Å²) in [5.41, 5.74) is 3.49. The fraction of sp³-hybridized carbons (Fsp3) is 0.154. The minimum atomic E-state index is -0.254. The molecule has 0 atom stereocenters. The molecule has 5 aromatic rings. The molecule has 4 heterocycles. The first kappa shape index (κ1) is 22.5. The number of ether oxygens (including phenoxy) is 2. The Morgan fingerprint density at radius 3 is 2.71 bits per heavy atom. The summed E-state index contributed by atoms with van der Waals surface area (Å²) >= 11 is 1.58. The number of amides is 1. The van der Waals surface area contributed by atoms with Crippen molar-refractivity contribution < 1.29 is 14.3 Å². The highest BCUT2D eigenvalue weighted by molar-refractivity contribution is 7.13. The lowest BCUT2D eigenvalue weighted by atomic mass is 10.1. The van der Waals surface area contributed by atoms with E-state index in [1.54, 1.807) is 59.9 Å². The number of carbonyl (C=O) groups is 1. The van der Waals surface area contributed by atoms with Gasteiger partial charge in [0.2, 0.25) is 0 Å². The van der Waals surface area contributed by atoms with Crippen LogP contribution in [0.5, 0.6) is 11.5 Å². The lowest BCUT2D eigenvalue weighted by Gasteiger charge is -2.13. The van der Waals surface area contributed by atoms with Gasteiger partial charge in [-0.05, 0) is 54.3 Å². The van der Waals surface area contributed by atoms with Crippen LogP contribution < -0.4 is 14.8 Å². The van der Waals surface area contributed by atoms with E-state index in [0.29, 0.717) is 46.9 Å². The summed E-state index contributed by atoms with van der Waals surface area (Å²) < 4.78 is 13.2. The molecular weight excluding hydrogens is 462 g/mol. The van der Waals surface area contributed by atoms with Gasteiger partial charge in [0.15, 0.2) is 17.1 Å². The van der Waals surface area contributed by atoms with Crippen LogP contribution in [0.15, 0.2) is 72.5 Å². The van der Waals surface area contributed by atoms with Crippen LogP contribution >= 0.6 is 11.3 Å². The number of aromatic nitrogens is 4. The Morgan fingerprint density at radius 1 is 1.11 bits per heavy atom. The smallest absolute Gasteiger partial charge is 0.256 e. The molecule has 0 aliphatic heterocycles. The average molecular weight is 486 g/mol. The van der Waals surface area contributed by atoms with Crippen molar-refractivity contribution in [2.24, 2.45) is 0 Å². The molecule has 0 aliphatic rings. The van der Waals surface area contributed by atoms with Crippen molar-refractivity contribution in [2.45, 2.75) is 20.1 Å². The highest BCUT2D eigenvalue weighted by atomic mass is 32.1. The van der Waals surface area contributed by atoms with Crippen molar-refractivity contribution in [1.82, 2.24) is 19.7 Å². The first-order chi connectivity index (χ1) is 17.2. The molecule has 0 fully saturated rings. The van der Waals surface area contributed by atoms with Crippen molar-refractivity contribution in [1.29, 1.82) is 0 Å². The van der Waals surface area contributed by atoms with Crippen LogP contribution in [-0.4, -0.2) is 32.8 Å². The van der Waals surface area contributed by atoms with Crippen molar-refractivity contribution in [3.8, 4) is 22.1 Å². The predicted octanol–water partition coefficient (Wildman–Crippen LogP) is 5.41. The standard InChI is InChI=1S/C26H23N5O3S/c1-3-31-25-20(15-28-31)19(14-21(30-25)24-5-4-12-35-24)26(32)29-18-6-7-22(33-2)23(13-18)34-16-17-8-10-27-11-9-17/h4-15H,3,16H2,1-2H3,(H,29,32). The van der Waals surface area contributed by atoms with Gasteiger partial charge in [0, 0.05) is 30.7 Å². The maximum Gasteiger partial charge on any atom is 0.256 e. The summed E-state index contributed by atoms with van der Waals surface area (Å²) in [7, 11) is 1.58. The molecule has 0 saturated carbocycles. The number of carbonyl (C=O) groups excluding carboxylic acids is 1. The van der Waals surface area contributed by atoms with Crippen LogP contribution in [0.3, 0.4) is 0 Å². The SMILES string of the molecule is CCn1ncc2c(C(=O)Nc3ccc(OC)c(OCc4ccncc4)c3)cc(-c3cccs3)nc21. The number of rotatable bonds is 8. The number of pyridine rings is 2. The summed E-state index contributed by atoms with van der Waals surface area (Å²) in [5, 5.41) is 10.1. The topological polar surface area (TPSA) is 91.2 Å². The van der Waals surface area contributed by atoms with Crippen LogP contribution in [0, 0.1) is 0 Å². The summed E-state index contributed by atoms with van der Waals surface area (Å²) in [5.74, 6) is 0.851. The lowest BCUT2D eigenvalue weighted by molar-refractivity contribution is 0.102. The zero-order valence-corrected chi connectivity index (χ0v) is 20.1. The Bertz CT molecular complexity index is 1470. The van der Waals surface area contributed by atoms with E-state index in [9.17, 15) is 4.79 Å². The monoisotopic (exact) mass is 485 g/mol. The Morgan fingerprint density at radius 2 is 1.97 bits per heavy atom. The Labute approximate surface area is 206 Å². The number of hydrogen-bond donors (Lipinski definition) is 1. The minimum Gasteiger partial charge on any atom is -0.493 e. The summed E-state index contributed by atoms with van der Waals surface area (Å²) in [6, 6.07) is 14.8. The van der Waals surface area contributed by atoms with Crippen molar-refractivity contribution in [3.05, 3.63) is 83.6 Å². The number of methoxy groups -OCH3 is 1. The molecule has 0 bridgehead atoms. The number of nitrogens with zero attached hydrogens (tertiary/aromatic N) is 4. The number of anilines is 1. The fourth-order valence-corrected chi connectivity index (χ4v) is 4.41. The van der Waals surface area contributed by atoms with Crippen LogP contribution in [0.4, 0.5) is 5.69 Å². The Balaban J connectivity index is 1.45. The normalized spacial score (nSPS) is 10.9. The molecule has 1 aromatic carbocycles. The molecule has 5 rings (SSSR count). The molecule has 1 N–H and O–H groups in total. The zero-order chi connectivity index (χ0) is 24.2. The van der Waals surface area contributed by atoms with Crippen molar-refractivity contribution >= 4 is 34.0 Å². The van der Waals surface area contributed by atoms with E-state index in [4.69, 9.17) is 14.5 Å². The molecule has 9 heteroatoms. The molecule has 176 valence electrons. The number of nitrogens with one attached hydrogen (secondary N) is 1. The van der Waals surface area contributed by atoms with E-state index >= 15 is 0 Å². The van der Waals surface area contributed by atoms with E-state index in [-0.39, 0.29) is 5.91 Å². The van der Waals surface area contributed by atoms with E-state index in [2.05, 4.69) is 15.4 Å².